The van der Waals surface area contributed by atoms with E-state index in [0.717, 1.165) is 0 Å². The van der Waals surface area contributed by atoms with E-state index in [2.05, 4.69) is 79.3 Å². The van der Waals surface area contributed by atoms with E-state index in [-0.39, 0.29) is 36.0 Å². The maximum absolute atomic E-state index is 8.91. The molecule has 0 N–H and O–H groups in total. The molecule has 4 atom stereocenters. The lowest BCUT2D eigenvalue weighted by Crippen LogP contribution is -2.69. The van der Waals surface area contributed by atoms with Gasteiger partial charge in [0.1, 0.15) is 18.3 Å². The topological polar surface area (TPSA) is 76.5 Å². The van der Waals surface area contributed by atoms with Crippen LogP contribution in [0.2, 0.25) is 5.04 Å². The molecule has 162 valence electrons. The van der Waals surface area contributed by atoms with E-state index in [0.29, 0.717) is 6.61 Å². The van der Waals surface area contributed by atoms with E-state index in [1.807, 2.05) is 24.3 Å². The number of benzene rings is 2. The molecule has 31 heavy (non-hydrogen) atoms. The highest BCUT2D eigenvalue weighted by molar-refractivity contribution is 6.99. The van der Waals surface area contributed by atoms with Crippen molar-refractivity contribution in [2.45, 2.75) is 50.2 Å². The van der Waals surface area contributed by atoms with Gasteiger partial charge in [-0.25, -0.2) is 0 Å². The van der Waals surface area contributed by atoms with Gasteiger partial charge >= 0.3 is 0 Å². The second-order valence-corrected chi connectivity index (χ2v) is 13.3. The molecular weight excluding hydrogens is 406 g/mol. The van der Waals surface area contributed by atoms with Gasteiger partial charge in [-0.2, -0.15) is 0 Å². The van der Waals surface area contributed by atoms with Gasteiger partial charge in [-0.15, -0.1) is 0 Å². The van der Waals surface area contributed by atoms with Crippen LogP contribution in [0.25, 0.3) is 10.4 Å². The zero-order chi connectivity index (χ0) is 21.9. The molecule has 2 heterocycles. The summed E-state index contributed by atoms with van der Waals surface area (Å²) in [6.45, 7) is 7.48. The molecule has 7 heteroatoms. The first-order chi connectivity index (χ1) is 15.0. The van der Waals surface area contributed by atoms with Crippen molar-refractivity contribution in [3.8, 4) is 0 Å². The summed E-state index contributed by atoms with van der Waals surface area (Å²) in [7, 11) is -2.79. The normalized spacial score (nSPS) is 25.6. The minimum Gasteiger partial charge on any atom is -0.399 e. The zero-order valence-electron chi connectivity index (χ0n) is 18.2. The van der Waals surface area contributed by atoms with Gasteiger partial charge in [0.25, 0.3) is 8.32 Å². The Kier molecular flexibility index (Phi) is 6.32. The van der Waals surface area contributed by atoms with Crippen LogP contribution in [0.15, 0.2) is 77.9 Å². The van der Waals surface area contributed by atoms with Crippen molar-refractivity contribution in [1.29, 1.82) is 0 Å². The Hall–Kier alpha value is -2.41. The third-order valence-corrected chi connectivity index (χ3v) is 11.1. The fourth-order valence-electron chi connectivity index (χ4n) is 4.76. The van der Waals surface area contributed by atoms with Gasteiger partial charge in [-0.05, 0) is 20.9 Å². The van der Waals surface area contributed by atoms with Crippen LogP contribution in [-0.4, -0.2) is 45.9 Å². The van der Waals surface area contributed by atoms with Crippen LogP contribution in [0.3, 0.4) is 0 Å². The summed E-state index contributed by atoms with van der Waals surface area (Å²) in [5, 5.41) is 6.05. The van der Waals surface area contributed by atoms with Crippen molar-refractivity contribution in [2.24, 2.45) is 5.11 Å². The predicted molar refractivity (Wildman–Crippen MR) is 124 cm³/mol. The van der Waals surface area contributed by atoms with Crippen LogP contribution < -0.4 is 10.4 Å². The number of nitrogens with zero attached hydrogens (tertiary/aromatic N) is 3. The summed E-state index contributed by atoms with van der Waals surface area (Å²) in [5.74, 6) is 0. The van der Waals surface area contributed by atoms with E-state index < -0.39 is 8.32 Å². The summed E-state index contributed by atoms with van der Waals surface area (Å²) >= 11 is 0. The van der Waals surface area contributed by atoms with E-state index in [1.54, 1.807) is 0 Å². The lowest BCUT2D eigenvalue weighted by molar-refractivity contribution is -0.0157. The van der Waals surface area contributed by atoms with Crippen LogP contribution >= 0.6 is 0 Å². The first-order valence-corrected chi connectivity index (χ1v) is 12.6. The molecule has 0 spiro atoms. The monoisotopic (exact) mass is 435 g/mol. The molecular formula is C24H29N3O3Si. The molecule has 0 bridgehead atoms. The highest BCUT2D eigenvalue weighted by Crippen LogP contribution is 2.41. The highest BCUT2D eigenvalue weighted by atomic mass is 28.4. The van der Waals surface area contributed by atoms with Crippen molar-refractivity contribution in [3.63, 3.8) is 0 Å². The van der Waals surface area contributed by atoms with Crippen LogP contribution in [-0.2, 0) is 13.9 Å². The van der Waals surface area contributed by atoms with Gasteiger partial charge in [0.2, 0.25) is 0 Å². The van der Waals surface area contributed by atoms with Crippen LogP contribution in [0.4, 0.5) is 0 Å². The Balaban J connectivity index is 1.85. The second kappa shape index (κ2) is 8.98. The summed E-state index contributed by atoms with van der Waals surface area (Å²) in [4.78, 5) is 2.95. The number of rotatable bonds is 6. The summed E-state index contributed by atoms with van der Waals surface area (Å²) in [6, 6.07) is 21.0. The fraction of sp³-hybridized carbons (Fsp3) is 0.417. The first kappa shape index (κ1) is 21.8. The molecule has 0 amide bonds. The molecule has 0 saturated carbocycles. The van der Waals surface area contributed by atoms with Gasteiger partial charge in [0, 0.05) is 4.91 Å². The summed E-state index contributed by atoms with van der Waals surface area (Å²) in [5.41, 5.74) is 8.91. The van der Waals surface area contributed by atoms with E-state index in [4.69, 9.17) is 19.4 Å². The van der Waals surface area contributed by atoms with Crippen molar-refractivity contribution in [1.82, 2.24) is 0 Å². The van der Waals surface area contributed by atoms with Crippen molar-refractivity contribution in [2.75, 3.05) is 13.2 Å². The van der Waals surface area contributed by atoms with E-state index in [9.17, 15) is 0 Å². The third kappa shape index (κ3) is 4.07. The Morgan fingerprint density at radius 2 is 1.68 bits per heavy atom. The molecule has 2 aliphatic heterocycles. The molecule has 4 rings (SSSR count). The molecule has 2 aromatic rings. The van der Waals surface area contributed by atoms with E-state index >= 15 is 0 Å². The zero-order valence-corrected chi connectivity index (χ0v) is 19.2. The molecule has 1 unspecified atom stereocenters. The average Bonchev–Trinajstić information content (AvgIpc) is 3.13. The maximum Gasteiger partial charge on any atom is 0.261 e. The summed E-state index contributed by atoms with van der Waals surface area (Å²) in [6.07, 6.45) is 2.87. The number of azide groups is 1. The predicted octanol–water partition coefficient (Wildman–Crippen LogP) is 3.96. The van der Waals surface area contributed by atoms with Crippen LogP contribution in [0.1, 0.15) is 20.8 Å². The average molecular weight is 436 g/mol. The molecule has 0 aromatic heterocycles. The number of fused-ring (bicyclic) bond motifs is 1. The second-order valence-electron chi connectivity index (χ2n) is 9.02. The van der Waals surface area contributed by atoms with Gasteiger partial charge in [-0.1, -0.05) is 98.7 Å². The van der Waals surface area contributed by atoms with Gasteiger partial charge in [0.15, 0.2) is 0 Å². The molecule has 0 aliphatic carbocycles. The fourth-order valence-corrected chi connectivity index (χ4v) is 9.47. The molecule has 0 radical (unpaired) electrons. The number of hydrogen-bond donors (Lipinski definition) is 0. The first-order valence-electron chi connectivity index (χ1n) is 10.7. The lowest BCUT2D eigenvalue weighted by Gasteiger charge is -2.46. The highest BCUT2D eigenvalue weighted by Gasteiger charge is 2.56. The van der Waals surface area contributed by atoms with Crippen molar-refractivity contribution in [3.05, 3.63) is 83.3 Å². The standard InChI is InChI=1S/C24H29N3O3Si/c1-24(2,3)31(18-11-6-4-7-12-18,19-13-8-5-9-14-19)30-23-21(17-26-27-25)29-20-15-10-16-28-22(20)23/h4-15,20-23H,16-17H2,1-3H3/t20-,21?,22+,23+/m0/s1. The molecule has 2 aliphatic rings. The SMILES string of the molecule is CC(C)(C)[Si](O[C@@H]1C(CN=[N+]=[N-])O[C@H]2C=CCO[C@H]21)(c1ccccc1)c1ccccc1. The maximum atomic E-state index is 8.91. The number of hydrogen-bond acceptors (Lipinski definition) is 4. The molecule has 6 nitrogen and oxygen atoms in total. The lowest BCUT2D eigenvalue weighted by atomic mass is 10.1. The number of ether oxygens (including phenoxy) is 2. The quantitative estimate of drug-likeness (QED) is 0.227. The molecule has 1 saturated heterocycles. The Morgan fingerprint density at radius 1 is 1.06 bits per heavy atom. The largest absolute Gasteiger partial charge is 0.399 e. The minimum atomic E-state index is -2.79. The van der Waals surface area contributed by atoms with Gasteiger partial charge < -0.3 is 13.9 Å². The minimum absolute atomic E-state index is 0.165. The Labute approximate surface area is 184 Å². The van der Waals surface area contributed by atoms with Gasteiger partial charge in [0.05, 0.1) is 19.3 Å². The Bertz CT molecular complexity index is 916. The van der Waals surface area contributed by atoms with Crippen LogP contribution in [0, 0.1) is 0 Å². The molecule has 1 fully saturated rings. The Morgan fingerprint density at radius 3 is 2.23 bits per heavy atom. The van der Waals surface area contributed by atoms with Crippen LogP contribution in [0.5, 0.6) is 0 Å². The smallest absolute Gasteiger partial charge is 0.261 e. The van der Waals surface area contributed by atoms with E-state index in [1.165, 1.54) is 10.4 Å². The van der Waals surface area contributed by atoms with Crippen molar-refractivity contribution < 1.29 is 13.9 Å². The van der Waals surface area contributed by atoms with Gasteiger partial charge in [-0.3, -0.25) is 0 Å². The third-order valence-electron chi connectivity index (χ3n) is 6.11. The molecule has 2 aromatic carbocycles. The van der Waals surface area contributed by atoms with Crippen molar-refractivity contribution >= 4 is 18.7 Å². The summed E-state index contributed by atoms with van der Waals surface area (Å²) < 4.78 is 19.6.